The van der Waals surface area contributed by atoms with Crippen molar-refractivity contribution in [1.82, 2.24) is 15.0 Å². The van der Waals surface area contributed by atoms with Crippen LogP contribution in [0.3, 0.4) is 0 Å². The Labute approximate surface area is 178 Å². The van der Waals surface area contributed by atoms with Crippen LogP contribution in [0, 0.1) is 0 Å². The Balaban J connectivity index is 1.57. The molecule has 0 atom stereocenters. The van der Waals surface area contributed by atoms with Crippen LogP contribution in [-0.2, 0) is 16.1 Å². The van der Waals surface area contributed by atoms with Gasteiger partial charge in [-0.2, -0.15) is 0 Å². The van der Waals surface area contributed by atoms with Crippen LogP contribution in [-0.4, -0.2) is 54.8 Å². The summed E-state index contributed by atoms with van der Waals surface area (Å²) in [5.41, 5.74) is 1.41. The highest BCUT2D eigenvalue weighted by Gasteiger charge is 2.17. The lowest BCUT2D eigenvalue weighted by Gasteiger charge is -2.14. The van der Waals surface area contributed by atoms with Gasteiger partial charge in [0.15, 0.2) is 23.8 Å². The van der Waals surface area contributed by atoms with Gasteiger partial charge in [-0.1, -0.05) is 35.5 Å². The predicted molar refractivity (Wildman–Crippen MR) is 111 cm³/mol. The third kappa shape index (κ3) is 5.50. The molecule has 0 spiro atoms. The molecule has 0 aliphatic rings. The fourth-order valence-corrected chi connectivity index (χ4v) is 2.80. The first-order valence-electron chi connectivity index (χ1n) is 9.25. The van der Waals surface area contributed by atoms with Crippen molar-refractivity contribution >= 4 is 17.6 Å². The molecule has 3 rings (SSSR count). The first kappa shape index (κ1) is 21.6. The summed E-state index contributed by atoms with van der Waals surface area (Å²) in [6.45, 7) is -0.0379. The van der Waals surface area contributed by atoms with Gasteiger partial charge in [0.25, 0.3) is 5.91 Å². The summed E-state index contributed by atoms with van der Waals surface area (Å²) < 4.78 is 22.3. The Morgan fingerprint density at radius 1 is 1.00 bits per heavy atom. The third-order valence-electron chi connectivity index (χ3n) is 4.22. The fraction of sp³-hybridized carbons (Fsp3) is 0.238. The number of methoxy groups -OCH3 is 3. The van der Waals surface area contributed by atoms with Gasteiger partial charge in [0, 0.05) is 17.8 Å². The van der Waals surface area contributed by atoms with Crippen molar-refractivity contribution in [2.24, 2.45) is 0 Å². The second kappa shape index (κ2) is 10.1. The van der Waals surface area contributed by atoms with E-state index in [1.165, 1.54) is 32.2 Å². The second-order valence-electron chi connectivity index (χ2n) is 6.33. The molecule has 0 bridgehead atoms. The number of hydrogen-bond donors (Lipinski definition) is 1. The number of hydrogen-bond acceptors (Lipinski definition) is 8. The van der Waals surface area contributed by atoms with Crippen LogP contribution in [0.25, 0.3) is 0 Å². The molecule has 0 unspecified atom stereocenters. The topological polar surface area (TPSA) is 114 Å². The standard InChI is InChI=1S/C21H22N4O6/c1-28-17-9-15(10-18(29-2)20(17)30-3)22-19(26)13-31-21(27)16-12-25(24-23-16)11-14-7-5-4-6-8-14/h4-10,12H,11,13H2,1-3H3,(H,22,26). The highest BCUT2D eigenvalue weighted by atomic mass is 16.5. The van der Waals surface area contributed by atoms with Crippen LogP contribution in [0.2, 0.25) is 0 Å². The molecule has 0 aliphatic carbocycles. The normalized spacial score (nSPS) is 10.3. The lowest BCUT2D eigenvalue weighted by Crippen LogP contribution is -2.21. The van der Waals surface area contributed by atoms with Crippen molar-refractivity contribution in [3.05, 3.63) is 59.9 Å². The monoisotopic (exact) mass is 426 g/mol. The van der Waals surface area contributed by atoms with E-state index < -0.39 is 18.5 Å². The Bertz CT molecular complexity index is 1030. The van der Waals surface area contributed by atoms with Crippen LogP contribution in [0.1, 0.15) is 16.1 Å². The lowest BCUT2D eigenvalue weighted by atomic mass is 10.2. The van der Waals surface area contributed by atoms with Gasteiger partial charge < -0.3 is 24.3 Å². The van der Waals surface area contributed by atoms with Crippen molar-refractivity contribution in [2.75, 3.05) is 33.3 Å². The Kier molecular flexibility index (Phi) is 7.05. The van der Waals surface area contributed by atoms with Gasteiger partial charge in [-0.15, -0.1) is 5.10 Å². The van der Waals surface area contributed by atoms with E-state index >= 15 is 0 Å². The number of rotatable bonds is 9. The first-order chi connectivity index (χ1) is 15.0. The number of anilines is 1. The summed E-state index contributed by atoms with van der Waals surface area (Å²) in [5.74, 6) is -0.139. The molecule has 10 heteroatoms. The van der Waals surface area contributed by atoms with Crippen LogP contribution in [0.5, 0.6) is 17.2 Å². The predicted octanol–water partition coefficient (Wildman–Crippen LogP) is 2.15. The largest absolute Gasteiger partial charge is 0.493 e. The molecule has 1 N–H and O–H groups in total. The van der Waals surface area contributed by atoms with Crippen molar-refractivity contribution in [3.63, 3.8) is 0 Å². The van der Waals surface area contributed by atoms with Gasteiger partial charge in [-0.25, -0.2) is 9.48 Å². The van der Waals surface area contributed by atoms with E-state index in [9.17, 15) is 9.59 Å². The molecule has 1 aromatic heterocycles. The zero-order valence-corrected chi connectivity index (χ0v) is 17.3. The molecule has 0 saturated carbocycles. The van der Waals surface area contributed by atoms with Crippen LogP contribution in [0.15, 0.2) is 48.7 Å². The number of ether oxygens (including phenoxy) is 4. The van der Waals surface area contributed by atoms with E-state index in [2.05, 4.69) is 15.6 Å². The Morgan fingerprint density at radius 3 is 2.29 bits per heavy atom. The Hall–Kier alpha value is -4.08. The molecule has 162 valence electrons. The summed E-state index contributed by atoms with van der Waals surface area (Å²) in [5, 5.41) is 10.3. The number of carbonyl (C=O) groups is 2. The maximum Gasteiger partial charge on any atom is 0.361 e. The fourth-order valence-electron chi connectivity index (χ4n) is 2.80. The van der Waals surface area contributed by atoms with Gasteiger partial charge in [-0.05, 0) is 5.56 Å². The summed E-state index contributed by atoms with van der Waals surface area (Å²) in [4.78, 5) is 24.4. The van der Waals surface area contributed by atoms with Gasteiger partial charge in [0.1, 0.15) is 0 Å². The van der Waals surface area contributed by atoms with Gasteiger partial charge in [0.05, 0.1) is 34.1 Å². The minimum absolute atomic E-state index is 0.0107. The Morgan fingerprint density at radius 2 is 1.68 bits per heavy atom. The number of benzene rings is 2. The molecule has 0 radical (unpaired) electrons. The molecule has 1 amide bonds. The van der Waals surface area contributed by atoms with E-state index in [1.807, 2.05) is 30.3 Å². The molecule has 3 aromatic rings. The molecule has 31 heavy (non-hydrogen) atoms. The van der Waals surface area contributed by atoms with Crippen molar-refractivity contribution in [3.8, 4) is 17.2 Å². The van der Waals surface area contributed by atoms with E-state index in [-0.39, 0.29) is 5.69 Å². The molecule has 0 fully saturated rings. The number of amides is 1. The van der Waals surface area contributed by atoms with Crippen LogP contribution < -0.4 is 19.5 Å². The molecule has 1 heterocycles. The highest BCUT2D eigenvalue weighted by Crippen LogP contribution is 2.39. The van der Waals surface area contributed by atoms with Crippen molar-refractivity contribution < 1.29 is 28.5 Å². The molecular formula is C21H22N4O6. The molecule has 2 aromatic carbocycles. The summed E-state index contributed by atoms with van der Waals surface area (Å²) in [7, 11) is 4.42. The number of aromatic nitrogens is 3. The van der Waals surface area contributed by atoms with Crippen LogP contribution >= 0.6 is 0 Å². The van der Waals surface area contributed by atoms with E-state index in [0.29, 0.717) is 29.5 Å². The number of nitrogens with zero attached hydrogens (tertiary/aromatic N) is 3. The second-order valence-corrected chi connectivity index (χ2v) is 6.33. The summed E-state index contributed by atoms with van der Waals surface area (Å²) in [6, 6.07) is 12.7. The highest BCUT2D eigenvalue weighted by molar-refractivity contribution is 5.95. The maximum absolute atomic E-state index is 12.2. The molecule has 0 aliphatic heterocycles. The van der Waals surface area contributed by atoms with E-state index in [4.69, 9.17) is 18.9 Å². The van der Waals surface area contributed by atoms with E-state index in [1.54, 1.807) is 12.1 Å². The zero-order chi connectivity index (χ0) is 22.2. The zero-order valence-electron chi connectivity index (χ0n) is 17.3. The third-order valence-corrected chi connectivity index (χ3v) is 4.22. The first-order valence-corrected chi connectivity index (χ1v) is 9.25. The van der Waals surface area contributed by atoms with Crippen LogP contribution in [0.4, 0.5) is 5.69 Å². The number of carbonyl (C=O) groups excluding carboxylic acids is 2. The molecule has 0 saturated heterocycles. The molecule has 10 nitrogen and oxygen atoms in total. The maximum atomic E-state index is 12.2. The minimum Gasteiger partial charge on any atom is -0.493 e. The smallest absolute Gasteiger partial charge is 0.361 e. The van der Waals surface area contributed by atoms with Crippen molar-refractivity contribution in [1.29, 1.82) is 0 Å². The quantitative estimate of drug-likeness (QED) is 0.518. The number of nitrogens with one attached hydrogen (secondary N) is 1. The van der Waals surface area contributed by atoms with Gasteiger partial charge in [-0.3, -0.25) is 4.79 Å². The van der Waals surface area contributed by atoms with E-state index in [0.717, 1.165) is 5.56 Å². The summed E-state index contributed by atoms with van der Waals surface area (Å²) in [6.07, 6.45) is 1.46. The van der Waals surface area contributed by atoms with Crippen molar-refractivity contribution in [2.45, 2.75) is 6.54 Å². The molecular weight excluding hydrogens is 404 g/mol. The van der Waals surface area contributed by atoms with Gasteiger partial charge in [0.2, 0.25) is 5.75 Å². The van der Waals surface area contributed by atoms with Gasteiger partial charge >= 0.3 is 5.97 Å². The SMILES string of the molecule is COc1cc(NC(=O)COC(=O)c2cn(Cc3ccccc3)nn2)cc(OC)c1OC. The average molecular weight is 426 g/mol. The number of esters is 1. The average Bonchev–Trinajstić information content (AvgIpc) is 3.26. The lowest BCUT2D eigenvalue weighted by molar-refractivity contribution is -0.119. The summed E-state index contributed by atoms with van der Waals surface area (Å²) >= 11 is 0. The minimum atomic E-state index is -0.751.